The molecule has 2 rings (SSSR count). The maximum absolute atomic E-state index is 13.6. The molecule has 0 bridgehead atoms. The molecular formula is C15H21F2N3O. The van der Waals surface area contributed by atoms with Crippen molar-refractivity contribution in [1.82, 2.24) is 9.80 Å². The third-order valence-electron chi connectivity index (χ3n) is 3.75. The van der Waals surface area contributed by atoms with Gasteiger partial charge >= 0.3 is 0 Å². The standard InChI is InChI=1S/C15H21F2N3O/c16-12-3-4-14(17)13(11-12)15(21)20-9-7-19(8-10-20)6-2-1-5-18/h3-4,11H,1-2,5-10,18H2. The van der Waals surface area contributed by atoms with E-state index < -0.39 is 17.5 Å². The van der Waals surface area contributed by atoms with Crippen LogP contribution in [0.3, 0.4) is 0 Å². The minimum atomic E-state index is -0.674. The second-order valence-electron chi connectivity index (χ2n) is 5.25. The highest BCUT2D eigenvalue weighted by Gasteiger charge is 2.24. The molecule has 1 amide bonds. The van der Waals surface area contributed by atoms with Gasteiger partial charge in [-0.15, -0.1) is 0 Å². The zero-order valence-electron chi connectivity index (χ0n) is 12.0. The first-order valence-corrected chi connectivity index (χ1v) is 7.28. The van der Waals surface area contributed by atoms with Gasteiger partial charge in [-0.3, -0.25) is 9.69 Å². The van der Waals surface area contributed by atoms with Gasteiger partial charge in [0.05, 0.1) is 5.56 Å². The van der Waals surface area contributed by atoms with Gasteiger partial charge in [0.1, 0.15) is 11.6 Å². The van der Waals surface area contributed by atoms with Crippen molar-refractivity contribution in [3.05, 3.63) is 35.4 Å². The zero-order valence-corrected chi connectivity index (χ0v) is 12.0. The molecule has 21 heavy (non-hydrogen) atoms. The topological polar surface area (TPSA) is 49.6 Å². The Morgan fingerprint density at radius 1 is 1.14 bits per heavy atom. The summed E-state index contributed by atoms with van der Waals surface area (Å²) in [7, 11) is 0. The van der Waals surface area contributed by atoms with Gasteiger partial charge < -0.3 is 10.6 Å². The molecule has 116 valence electrons. The summed E-state index contributed by atoms with van der Waals surface area (Å²) >= 11 is 0. The summed E-state index contributed by atoms with van der Waals surface area (Å²) < 4.78 is 26.8. The smallest absolute Gasteiger partial charge is 0.257 e. The first kappa shape index (κ1) is 15.9. The molecule has 1 saturated heterocycles. The Bertz CT molecular complexity index is 488. The monoisotopic (exact) mass is 297 g/mol. The summed E-state index contributed by atoms with van der Waals surface area (Å²) in [5.41, 5.74) is 5.27. The summed E-state index contributed by atoms with van der Waals surface area (Å²) in [6.07, 6.45) is 2.04. The average Bonchev–Trinajstić information content (AvgIpc) is 2.50. The third-order valence-corrected chi connectivity index (χ3v) is 3.75. The number of halogens is 2. The Morgan fingerprint density at radius 3 is 2.52 bits per heavy atom. The number of hydrogen-bond donors (Lipinski definition) is 1. The first-order valence-electron chi connectivity index (χ1n) is 7.28. The lowest BCUT2D eigenvalue weighted by Crippen LogP contribution is -2.49. The molecule has 1 aliphatic rings. The van der Waals surface area contributed by atoms with Gasteiger partial charge in [-0.1, -0.05) is 0 Å². The lowest BCUT2D eigenvalue weighted by molar-refractivity contribution is 0.0630. The van der Waals surface area contributed by atoms with Crippen molar-refractivity contribution in [2.45, 2.75) is 12.8 Å². The number of rotatable bonds is 5. The number of nitrogens with two attached hydrogens (primary N) is 1. The van der Waals surface area contributed by atoms with Crippen LogP contribution in [-0.2, 0) is 0 Å². The van der Waals surface area contributed by atoms with E-state index in [4.69, 9.17) is 5.73 Å². The van der Waals surface area contributed by atoms with Gasteiger partial charge in [0.2, 0.25) is 0 Å². The van der Waals surface area contributed by atoms with Crippen molar-refractivity contribution in [3.8, 4) is 0 Å². The Morgan fingerprint density at radius 2 is 1.86 bits per heavy atom. The summed E-state index contributed by atoms with van der Waals surface area (Å²) in [6, 6.07) is 2.97. The fourth-order valence-electron chi connectivity index (χ4n) is 2.49. The van der Waals surface area contributed by atoms with Crippen molar-refractivity contribution >= 4 is 5.91 Å². The normalized spacial score (nSPS) is 16.2. The molecule has 0 saturated carbocycles. The number of amides is 1. The Labute approximate surface area is 123 Å². The minimum Gasteiger partial charge on any atom is -0.336 e. The Kier molecular flexibility index (Phi) is 5.64. The Hall–Kier alpha value is -1.53. The molecule has 2 N–H and O–H groups in total. The molecule has 1 aromatic rings. The number of nitrogens with zero attached hydrogens (tertiary/aromatic N) is 2. The second kappa shape index (κ2) is 7.47. The number of unbranched alkanes of at least 4 members (excludes halogenated alkanes) is 1. The van der Waals surface area contributed by atoms with Gasteiger partial charge in [0.15, 0.2) is 0 Å². The van der Waals surface area contributed by atoms with E-state index in [1.165, 1.54) is 0 Å². The van der Waals surface area contributed by atoms with Crippen molar-refractivity contribution in [3.63, 3.8) is 0 Å². The van der Waals surface area contributed by atoms with Gasteiger partial charge in [-0.2, -0.15) is 0 Å². The van der Waals surface area contributed by atoms with Crippen molar-refractivity contribution in [2.75, 3.05) is 39.3 Å². The number of piperazine rings is 1. The number of carbonyl (C=O) groups excluding carboxylic acids is 1. The first-order chi connectivity index (χ1) is 10.1. The van der Waals surface area contributed by atoms with E-state index >= 15 is 0 Å². The predicted molar refractivity (Wildman–Crippen MR) is 77.0 cm³/mol. The van der Waals surface area contributed by atoms with Crippen LogP contribution in [0.4, 0.5) is 8.78 Å². The van der Waals surface area contributed by atoms with Crippen LogP contribution in [0, 0.1) is 11.6 Å². The van der Waals surface area contributed by atoms with Crippen LogP contribution < -0.4 is 5.73 Å². The summed E-state index contributed by atoms with van der Waals surface area (Å²) in [6.45, 7) is 4.25. The molecular weight excluding hydrogens is 276 g/mol. The van der Waals surface area contributed by atoms with Crippen LogP contribution in [-0.4, -0.2) is 55.0 Å². The van der Waals surface area contributed by atoms with Gasteiger partial charge in [-0.05, 0) is 44.1 Å². The molecule has 0 spiro atoms. The number of hydrogen-bond acceptors (Lipinski definition) is 3. The fourth-order valence-corrected chi connectivity index (χ4v) is 2.49. The van der Waals surface area contributed by atoms with Crippen LogP contribution in [0.25, 0.3) is 0 Å². The maximum Gasteiger partial charge on any atom is 0.257 e. The molecule has 0 aromatic heterocycles. The highest BCUT2D eigenvalue weighted by atomic mass is 19.1. The number of benzene rings is 1. The van der Waals surface area contributed by atoms with E-state index in [1.807, 2.05) is 0 Å². The third kappa shape index (κ3) is 4.22. The SMILES string of the molecule is NCCCCN1CCN(C(=O)c2cc(F)ccc2F)CC1. The molecule has 0 atom stereocenters. The molecule has 6 heteroatoms. The lowest BCUT2D eigenvalue weighted by atomic mass is 10.1. The zero-order chi connectivity index (χ0) is 15.2. The van der Waals surface area contributed by atoms with Crippen molar-refractivity contribution < 1.29 is 13.6 Å². The van der Waals surface area contributed by atoms with Crippen LogP contribution in [0.2, 0.25) is 0 Å². The summed E-state index contributed by atoms with van der Waals surface area (Å²) in [5, 5.41) is 0. The Balaban J connectivity index is 1.89. The highest BCUT2D eigenvalue weighted by molar-refractivity contribution is 5.94. The molecule has 4 nitrogen and oxygen atoms in total. The van der Waals surface area contributed by atoms with Crippen LogP contribution in [0.1, 0.15) is 23.2 Å². The van der Waals surface area contributed by atoms with Crippen LogP contribution in [0.5, 0.6) is 0 Å². The molecule has 1 aromatic carbocycles. The largest absolute Gasteiger partial charge is 0.336 e. The van der Waals surface area contributed by atoms with Gasteiger partial charge in [0, 0.05) is 26.2 Å². The molecule has 0 unspecified atom stereocenters. The van der Waals surface area contributed by atoms with E-state index in [2.05, 4.69) is 4.90 Å². The van der Waals surface area contributed by atoms with E-state index in [1.54, 1.807) is 4.90 Å². The molecule has 1 aliphatic heterocycles. The van der Waals surface area contributed by atoms with E-state index in [0.717, 1.165) is 50.7 Å². The molecule has 0 radical (unpaired) electrons. The molecule has 1 heterocycles. The lowest BCUT2D eigenvalue weighted by Gasteiger charge is -2.34. The van der Waals surface area contributed by atoms with Crippen molar-refractivity contribution in [1.29, 1.82) is 0 Å². The number of carbonyl (C=O) groups is 1. The maximum atomic E-state index is 13.6. The molecule has 0 aliphatic carbocycles. The minimum absolute atomic E-state index is 0.188. The van der Waals surface area contributed by atoms with Gasteiger partial charge in [-0.25, -0.2) is 8.78 Å². The van der Waals surface area contributed by atoms with Crippen molar-refractivity contribution in [2.24, 2.45) is 5.73 Å². The van der Waals surface area contributed by atoms with E-state index in [9.17, 15) is 13.6 Å². The quantitative estimate of drug-likeness (QED) is 0.837. The fraction of sp³-hybridized carbons (Fsp3) is 0.533. The second-order valence-corrected chi connectivity index (χ2v) is 5.25. The van der Waals surface area contributed by atoms with Gasteiger partial charge in [0.25, 0.3) is 5.91 Å². The average molecular weight is 297 g/mol. The highest BCUT2D eigenvalue weighted by Crippen LogP contribution is 2.14. The van der Waals surface area contributed by atoms with Crippen LogP contribution in [0.15, 0.2) is 18.2 Å². The summed E-state index contributed by atoms with van der Waals surface area (Å²) in [4.78, 5) is 16.1. The molecule has 1 fully saturated rings. The van der Waals surface area contributed by atoms with E-state index in [-0.39, 0.29) is 5.56 Å². The van der Waals surface area contributed by atoms with E-state index in [0.29, 0.717) is 19.6 Å². The van der Waals surface area contributed by atoms with Crippen LogP contribution >= 0.6 is 0 Å². The predicted octanol–water partition coefficient (Wildman–Crippen LogP) is 1.46. The summed E-state index contributed by atoms with van der Waals surface area (Å²) in [5.74, 6) is -1.71.